The number of halogens is 1. The molecule has 3 heterocycles. The van der Waals surface area contributed by atoms with Crippen LogP contribution in [-0.2, 0) is 11.1 Å². The Hall–Kier alpha value is -4.31. The summed E-state index contributed by atoms with van der Waals surface area (Å²) in [6.07, 6.45) is 5.66. The number of ketones is 1. The van der Waals surface area contributed by atoms with Gasteiger partial charge in [-0.3, -0.25) is 4.79 Å². The second-order valence-corrected chi connectivity index (χ2v) is 11.1. The van der Waals surface area contributed by atoms with Crippen LogP contribution in [0.4, 0.5) is 4.39 Å². The Morgan fingerprint density at radius 1 is 1.15 bits per heavy atom. The topological polar surface area (TPSA) is 109 Å². The van der Waals surface area contributed by atoms with Gasteiger partial charge >= 0.3 is 0 Å². The van der Waals surface area contributed by atoms with Crippen LogP contribution in [0.5, 0.6) is 17.2 Å². The predicted octanol–water partition coefficient (Wildman–Crippen LogP) is 5.06. The number of fused-ring (bicyclic) bond motifs is 1. The summed E-state index contributed by atoms with van der Waals surface area (Å²) in [5.41, 5.74) is 0.626. The van der Waals surface area contributed by atoms with E-state index in [2.05, 4.69) is 10.2 Å². The van der Waals surface area contributed by atoms with Crippen molar-refractivity contribution < 1.29 is 28.5 Å². The number of benzene rings is 2. The Morgan fingerprint density at radius 2 is 1.88 bits per heavy atom. The highest BCUT2D eigenvalue weighted by atomic mass is 19.1. The molecule has 6 rings (SSSR count). The molecule has 0 unspecified atom stereocenters. The Balaban J connectivity index is 1.31. The molecular weight excluding hydrogens is 527 g/mol. The molecular formula is C31H31FN4O5. The molecule has 1 N–H and O–H groups in total. The number of rotatable bonds is 10. The number of Topliss-reactive ketones (excluding diaryl/α,β-unsaturated/α-hetero) is 1. The first-order chi connectivity index (χ1) is 19.7. The molecule has 212 valence electrons. The summed E-state index contributed by atoms with van der Waals surface area (Å²) >= 11 is 0. The molecule has 1 aliphatic heterocycles. The van der Waals surface area contributed by atoms with Gasteiger partial charge in [-0.2, -0.15) is 0 Å². The van der Waals surface area contributed by atoms with E-state index in [0.29, 0.717) is 46.4 Å². The van der Waals surface area contributed by atoms with E-state index in [9.17, 15) is 14.3 Å². The number of carbonyl (C=O) groups excluding carboxylic acids is 1. The number of aliphatic hydroxyl groups is 1. The Kier molecular flexibility index (Phi) is 6.73. The number of methoxy groups -OCH3 is 1. The molecule has 2 atom stereocenters. The first-order valence-electron chi connectivity index (χ1n) is 13.6. The highest BCUT2D eigenvalue weighted by Gasteiger charge is 2.42. The van der Waals surface area contributed by atoms with Gasteiger partial charge in [0.15, 0.2) is 23.0 Å². The van der Waals surface area contributed by atoms with Gasteiger partial charge in [-0.25, -0.2) is 9.37 Å². The van der Waals surface area contributed by atoms with Crippen molar-refractivity contribution in [1.82, 2.24) is 19.7 Å². The van der Waals surface area contributed by atoms with Crippen molar-refractivity contribution >= 4 is 5.78 Å². The number of carbonyl (C=O) groups is 1. The molecule has 0 amide bonds. The Morgan fingerprint density at radius 3 is 2.56 bits per heavy atom. The Bertz CT molecular complexity index is 1590. The molecule has 1 saturated carbocycles. The zero-order valence-electron chi connectivity index (χ0n) is 23.1. The first-order valence-corrected chi connectivity index (χ1v) is 13.6. The van der Waals surface area contributed by atoms with Crippen molar-refractivity contribution in [3.05, 3.63) is 83.8 Å². The van der Waals surface area contributed by atoms with Gasteiger partial charge in [-0.05, 0) is 81.6 Å². The van der Waals surface area contributed by atoms with Crippen molar-refractivity contribution in [3.8, 4) is 28.5 Å². The molecule has 2 aromatic heterocycles. The molecule has 1 aliphatic carbocycles. The van der Waals surface area contributed by atoms with Gasteiger partial charge < -0.3 is 23.9 Å². The van der Waals surface area contributed by atoms with E-state index >= 15 is 0 Å². The normalized spacial score (nSPS) is 19.2. The van der Waals surface area contributed by atoms with Crippen molar-refractivity contribution in [3.63, 3.8) is 0 Å². The summed E-state index contributed by atoms with van der Waals surface area (Å²) < 4.78 is 33.1. The maximum absolute atomic E-state index is 13.7. The summed E-state index contributed by atoms with van der Waals surface area (Å²) in [5, 5.41) is 19.6. The van der Waals surface area contributed by atoms with Crippen LogP contribution in [0.1, 0.15) is 61.1 Å². The largest absolute Gasteiger partial charge is 0.493 e. The maximum atomic E-state index is 13.7. The number of ether oxygens (including phenoxy) is 3. The number of hydrogen-bond donors (Lipinski definition) is 1. The minimum absolute atomic E-state index is 0.0723. The lowest BCUT2D eigenvalue weighted by Crippen LogP contribution is -2.33. The van der Waals surface area contributed by atoms with Crippen LogP contribution in [0.3, 0.4) is 0 Å². The molecule has 0 saturated heterocycles. The smallest absolute Gasteiger partial charge is 0.163 e. The lowest BCUT2D eigenvalue weighted by atomic mass is 9.87. The maximum Gasteiger partial charge on any atom is 0.163 e. The monoisotopic (exact) mass is 558 g/mol. The fourth-order valence-electron chi connectivity index (χ4n) is 5.05. The molecule has 0 spiro atoms. The van der Waals surface area contributed by atoms with Gasteiger partial charge in [0, 0.05) is 23.1 Å². The van der Waals surface area contributed by atoms with Crippen LogP contribution in [0.2, 0.25) is 0 Å². The third kappa shape index (κ3) is 5.15. The van der Waals surface area contributed by atoms with E-state index in [0.717, 1.165) is 18.4 Å². The average Bonchev–Trinajstić information content (AvgIpc) is 3.47. The molecule has 9 nitrogen and oxygen atoms in total. The molecule has 2 aliphatic rings. The number of hydrogen-bond acceptors (Lipinski definition) is 8. The minimum atomic E-state index is -1.46. The van der Waals surface area contributed by atoms with Gasteiger partial charge in [0.05, 0.1) is 18.9 Å². The summed E-state index contributed by atoms with van der Waals surface area (Å²) in [6, 6.07) is 12.9. The van der Waals surface area contributed by atoms with Gasteiger partial charge in [0.1, 0.15) is 41.9 Å². The summed E-state index contributed by atoms with van der Waals surface area (Å²) in [6.45, 7) is 3.92. The second-order valence-electron chi connectivity index (χ2n) is 11.1. The van der Waals surface area contributed by atoms with Crippen molar-refractivity contribution in [2.75, 3.05) is 13.7 Å². The lowest BCUT2D eigenvalue weighted by Gasteiger charge is -2.27. The predicted molar refractivity (Wildman–Crippen MR) is 148 cm³/mol. The van der Waals surface area contributed by atoms with Gasteiger partial charge in [-0.15, -0.1) is 10.2 Å². The SMILES string of the molecule is COc1cc(C(=O)CC[C@](C)(O)c2cc3c(c(-c4ccc(F)cc4)n2)OC[C@]3(C)n2cnnc2)ccc1OC1CC1. The highest BCUT2D eigenvalue weighted by molar-refractivity contribution is 5.96. The van der Waals surface area contributed by atoms with E-state index in [1.807, 2.05) is 17.6 Å². The quantitative estimate of drug-likeness (QED) is 0.269. The molecule has 0 radical (unpaired) electrons. The summed E-state index contributed by atoms with van der Waals surface area (Å²) in [5.74, 6) is 1.16. The van der Waals surface area contributed by atoms with Crippen molar-refractivity contribution in [2.45, 2.75) is 56.8 Å². The van der Waals surface area contributed by atoms with E-state index in [1.54, 1.807) is 57.0 Å². The van der Waals surface area contributed by atoms with Crippen molar-refractivity contribution in [2.24, 2.45) is 0 Å². The summed E-state index contributed by atoms with van der Waals surface area (Å²) in [4.78, 5) is 18.0. The number of pyridine rings is 1. The van der Waals surface area contributed by atoms with E-state index in [-0.39, 0.29) is 30.5 Å². The number of aromatic nitrogens is 4. The Labute approximate surface area is 236 Å². The van der Waals surface area contributed by atoms with Crippen LogP contribution in [-0.4, -0.2) is 50.5 Å². The van der Waals surface area contributed by atoms with Crippen LogP contribution in [0, 0.1) is 5.82 Å². The lowest BCUT2D eigenvalue weighted by molar-refractivity contribution is 0.0396. The fraction of sp³-hybridized carbons (Fsp3) is 0.355. The van der Waals surface area contributed by atoms with Gasteiger partial charge in [0.25, 0.3) is 0 Å². The fourth-order valence-corrected chi connectivity index (χ4v) is 5.05. The van der Waals surface area contributed by atoms with E-state index in [4.69, 9.17) is 19.2 Å². The third-order valence-electron chi connectivity index (χ3n) is 7.85. The van der Waals surface area contributed by atoms with E-state index in [1.165, 1.54) is 12.1 Å². The van der Waals surface area contributed by atoms with Gasteiger partial charge in [0.2, 0.25) is 0 Å². The molecule has 0 bridgehead atoms. The first kappa shape index (κ1) is 26.9. The van der Waals surface area contributed by atoms with Crippen LogP contribution < -0.4 is 14.2 Å². The van der Waals surface area contributed by atoms with Crippen LogP contribution in [0.15, 0.2) is 61.2 Å². The molecule has 1 fully saturated rings. The van der Waals surface area contributed by atoms with E-state index < -0.39 is 11.1 Å². The third-order valence-corrected chi connectivity index (χ3v) is 7.85. The average molecular weight is 559 g/mol. The second kappa shape index (κ2) is 10.3. The molecule has 10 heteroatoms. The zero-order chi connectivity index (χ0) is 28.8. The van der Waals surface area contributed by atoms with Crippen LogP contribution >= 0.6 is 0 Å². The van der Waals surface area contributed by atoms with Gasteiger partial charge in [-0.1, -0.05) is 0 Å². The molecule has 41 heavy (non-hydrogen) atoms. The highest BCUT2D eigenvalue weighted by Crippen LogP contribution is 2.46. The van der Waals surface area contributed by atoms with Crippen LogP contribution in [0.25, 0.3) is 11.3 Å². The molecule has 4 aromatic rings. The van der Waals surface area contributed by atoms with Crippen molar-refractivity contribution in [1.29, 1.82) is 0 Å². The zero-order valence-corrected chi connectivity index (χ0v) is 23.1. The summed E-state index contributed by atoms with van der Waals surface area (Å²) in [7, 11) is 1.55. The molecule has 2 aromatic carbocycles. The standard InChI is InChI=1S/C31H31FN4O5/c1-30(36-17-33-34-18-36)16-40-29-23(30)15-27(35-28(29)19-4-7-21(32)8-5-19)31(2,38)13-12-24(37)20-6-11-25(26(14-20)39-3)41-22-9-10-22/h4-8,11,14-15,17-18,22,38H,9-10,12-13,16H2,1-3H3/t30-,31-/m0/s1. The number of nitrogens with zero attached hydrogens (tertiary/aromatic N) is 4. The minimum Gasteiger partial charge on any atom is -0.493 e.